The Kier molecular flexibility index (Phi) is 13.0. The van der Waals surface area contributed by atoms with E-state index in [0.717, 1.165) is 24.0 Å². The quantitative estimate of drug-likeness (QED) is 0.289. The fourth-order valence-corrected chi connectivity index (χ4v) is 2.44. The van der Waals surface area contributed by atoms with Gasteiger partial charge < -0.3 is 16.0 Å². The van der Waals surface area contributed by atoms with Crippen molar-refractivity contribution in [1.82, 2.24) is 15.6 Å². The van der Waals surface area contributed by atoms with Gasteiger partial charge in [0.25, 0.3) is 0 Å². The van der Waals surface area contributed by atoms with E-state index in [4.69, 9.17) is 0 Å². The fourth-order valence-electron chi connectivity index (χ4n) is 2.44. The van der Waals surface area contributed by atoms with E-state index in [-0.39, 0.29) is 29.9 Å². The summed E-state index contributed by atoms with van der Waals surface area (Å²) in [6.45, 7) is 9.07. The Labute approximate surface area is 175 Å². The summed E-state index contributed by atoms with van der Waals surface area (Å²) in [5.74, 6) is 2.00. The molecule has 0 aliphatic carbocycles. The fraction of sp³-hybridized carbons (Fsp3) is 0.632. The highest BCUT2D eigenvalue weighted by Crippen LogP contribution is 2.08. The van der Waals surface area contributed by atoms with E-state index in [1.54, 1.807) is 13.1 Å². The molecule has 7 heteroatoms. The number of nitrogens with one attached hydrogen (secondary N) is 3. The molecule has 6 nitrogen and oxygen atoms in total. The summed E-state index contributed by atoms with van der Waals surface area (Å²) in [5, 5.41) is 9.35. The molecule has 26 heavy (non-hydrogen) atoms. The molecule has 3 N–H and O–H groups in total. The number of aliphatic imine (C=N–C) groups is 1. The molecule has 0 aromatic carbocycles. The zero-order valence-corrected chi connectivity index (χ0v) is 19.0. The minimum absolute atomic E-state index is 0. The van der Waals surface area contributed by atoms with Crippen molar-refractivity contribution in [2.75, 3.05) is 18.9 Å². The van der Waals surface area contributed by atoms with Crippen LogP contribution in [0.5, 0.6) is 0 Å². The Balaban J connectivity index is 0.00000625. The van der Waals surface area contributed by atoms with Crippen molar-refractivity contribution in [3.63, 3.8) is 0 Å². The number of guanidine groups is 1. The predicted octanol–water partition coefficient (Wildman–Crippen LogP) is 3.72. The van der Waals surface area contributed by atoms with Crippen molar-refractivity contribution in [3.05, 3.63) is 23.9 Å². The van der Waals surface area contributed by atoms with Crippen LogP contribution < -0.4 is 16.0 Å². The van der Waals surface area contributed by atoms with Gasteiger partial charge in [0.2, 0.25) is 5.91 Å². The number of amides is 1. The van der Waals surface area contributed by atoms with Crippen LogP contribution in [0, 0.1) is 12.8 Å². The van der Waals surface area contributed by atoms with Gasteiger partial charge in [0, 0.05) is 31.7 Å². The molecule has 1 unspecified atom stereocenters. The van der Waals surface area contributed by atoms with Crippen molar-refractivity contribution in [2.45, 2.75) is 59.4 Å². The number of carbonyl (C=O) groups is 1. The third-order valence-corrected chi connectivity index (χ3v) is 3.83. The second kappa shape index (κ2) is 13.8. The molecule has 0 aliphatic rings. The highest BCUT2D eigenvalue weighted by atomic mass is 127. The van der Waals surface area contributed by atoms with E-state index < -0.39 is 0 Å². The van der Waals surface area contributed by atoms with Gasteiger partial charge in [-0.3, -0.25) is 9.79 Å². The molecule has 148 valence electrons. The number of aryl methyl sites for hydroxylation is 1. The maximum atomic E-state index is 12.0. The van der Waals surface area contributed by atoms with E-state index in [2.05, 4.69) is 46.7 Å². The monoisotopic (exact) mass is 475 g/mol. The van der Waals surface area contributed by atoms with E-state index in [9.17, 15) is 4.79 Å². The number of pyridine rings is 1. The van der Waals surface area contributed by atoms with E-state index >= 15 is 0 Å². The van der Waals surface area contributed by atoms with Crippen LogP contribution in [0.4, 0.5) is 5.82 Å². The number of aromatic nitrogens is 1. The number of anilines is 1. The number of nitrogens with zero attached hydrogens (tertiary/aromatic N) is 2. The molecule has 1 aromatic heterocycles. The van der Waals surface area contributed by atoms with E-state index in [0.29, 0.717) is 24.8 Å². The van der Waals surface area contributed by atoms with Crippen LogP contribution >= 0.6 is 24.0 Å². The molecule has 0 saturated carbocycles. The van der Waals surface area contributed by atoms with E-state index in [1.807, 2.05) is 19.1 Å². The Morgan fingerprint density at radius 2 is 1.96 bits per heavy atom. The highest BCUT2D eigenvalue weighted by Gasteiger charge is 2.07. The summed E-state index contributed by atoms with van der Waals surface area (Å²) in [4.78, 5) is 20.4. The van der Waals surface area contributed by atoms with Crippen LogP contribution in [0.1, 0.15) is 52.1 Å². The molecule has 1 atom stereocenters. The van der Waals surface area contributed by atoms with Crippen LogP contribution in [0.2, 0.25) is 0 Å². The first-order valence-electron chi connectivity index (χ1n) is 9.11. The van der Waals surface area contributed by atoms with Crippen molar-refractivity contribution >= 4 is 41.7 Å². The molecule has 0 spiro atoms. The molecule has 1 rings (SSSR count). The van der Waals surface area contributed by atoms with Gasteiger partial charge in [-0.05, 0) is 38.3 Å². The largest absolute Gasteiger partial charge is 0.356 e. The first-order valence-corrected chi connectivity index (χ1v) is 9.11. The minimum Gasteiger partial charge on any atom is -0.356 e. The summed E-state index contributed by atoms with van der Waals surface area (Å²) in [7, 11) is 1.74. The Hall–Kier alpha value is -1.38. The number of hydrogen-bond donors (Lipinski definition) is 3. The standard InChI is InChI=1S/C19H33N5O.HI/c1-14(2)8-6-9-16(4)23-19(20-5)21-13-12-18(25)24-17-11-7-10-15(3)22-17;/h7,10-11,14,16H,6,8-9,12-13H2,1-5H3,(H2,20,21,23)(H,22,24,25);1H. The normalized spacial score (nSPS) is 12.3. The Morgan fingerprint density at radius 3 is 2.58 bits per heavy atom. The lowest BCUT2D eigenvalue weighted by molar-refractivity contribution is -0.116. The van der Waals surface area contributed by atoms with Crippen LogP contribution in [0.15, 0.2) is 23.2 Å². The van der Waals surface area contributed by atoms with Gasteiger partial charge in [-0.2, -0.15) is 0 Å². The number of carbonyl (C=O) groups excluding carboxylic acids is 1. The summed E-state index contributed by atoms with van der Waals surface area (Å²) in [5.41, 5.74) is 0.881. The van der Waals surface area contributed by atoms with Gasteiger partial charge in [-0.15, -0.1) is 24.0 Å². The molecular formula is C19H34IN5O. The number of halogens is 1. The van der Waals surface area contributed by atoms with Crippen LogP contribution in [0.3, 0.4) is 0 Å². The molecule has 0 fully saturated rings. The summed E-state index contributed by atoms with van der Waals surface area (Å²) in [6.07, 6.45) is 3.91. The van der Waals surface area contributed by atoms with Gasteiger partial charge in [-0.25, -0.2) is 4.98 Å². The summed E-state index contributed by atoms with van der Waals surface area (Å²) < 4.78 is 0. The zero-order chi connectivity index (χ0) is 18.7. The average Bonchev–Trinajstić information content (AvgIpc) is 2.53. The molecule has 1 amide bonds. The van der Waals surface area contributed by atoms with Gasteiger partial charge in [0.05, 0.1) is 0 Å². The van der Waals surface area contributed by atoms with Gasteiger partial charge in [0.1, 0.15) is 5.82 Å². The molecule has 0 bridgehead atoms. The minimum atomic E-state index is -0.0639. The van der Waals surface area contributed by atoms with Crippen molar-refractivity contribution in [2.24, 2.45) is 10.9 Å². The number of rotatable bonds is 9. The third-order valence-electron chi connectivity index (χ3n) is 3.83. The van der Waals surface area contributed by atoms with Crippen LogP contribution in [-0.2, 0) is 4.79 Å². The molecular weight excluding hydrogens is 441 g/mol. The van der Waals surface area contributed by atoms with Gasteiger partial charge in [0.15, 0.2) is 5.96 Å². The lowest BCUT2D eigenvalue weighted by atomic mass is 10.0. The van der Waals surface area contributed by atoms with Crippen LogP contribution in [-0.4, -0.2) is 36.5 Å². The van der Waals surface area contributed by atoms with Crippen LogP contribution in [0.25, 0.3) is 0 Å². The average molecular weight is 475 g/mol. The predicted molar refractivity (Wildman–Crippen MR) is 120 cm³/mol. The van der Waals surface area contributed by atoms with Crippen molar-refractivity contribution < 1.29 is 4.79 Å². The molecule has 0 radical (unpaired) electrons. The second-order valence-electron chi connectivity index (χ2n) is 6.83. The number of hydrogen-bond acceptors (Lipinski definition) is 3. The molecule has 0 aliphatic heterocycles. The lowest BCUT2D eigenvalue weighted by Crippen LogP contribution is -2.43. The van der Waals surface area contributed by atoms with Crippen molar-refractivity contribution in [1.29, 1.82) is 0 Å². The SMILES string of the molecule is CN=C(NCCC(=O)Nc1cccc(C)n1)NC(C)CCCC(C)C.I. The molecule has 1 aromatic rings. The first kappa shape index (κ1) is 24.6. The van der Waals surface area contributed by atoms with Crippen molar-refractivity contribution in [3.8, 4) is 0 Å². The maximum Gasteiger partial charge on any atom is 0.227 e. The first-order chi connectivity index (χ1) is 11.9. The zero-order valence-electron chi connectivity index (χ0n) is 16.6. The van der Waals surface area contributed by atoms with E-state index in [1.165, 1.54) is 12.8 Å². The Morgan fingerprint density at radius 1 is 1.23 bits per heavy atom. The third kappa shape index (κ3) is 11.3. The summed E-state index contributed by atoms with van der Waals surface area (Å²) in [6, 6.07) is 5.92. The topological polar surface area (TPSA) is 78.4 Å². The lowest BCUT2D eigenvalue weighted by Gasteiger charge is -2.18. The summed E-state index contributed by atoms with van der Waals surface area (Å²) >= 11 is 0. The Bertz CT molecular complexity index is 563. The highest BCUT2D eigenvalue weighted by molar-refractivity contribution is 14.0. The maximum absolute atomic E-state index is 12.0. The molecule has 0 saturated heterocycles. The smallest absolute Gasteiger partial charge is 0.227 e. The van der Waals surface area contributed by atoms with Gasteiger partial charge in [-0.1, -0.05) is 32.8 Å². The second-order valence-corrected chi connectivity index (χ2v) is 6.83. The molecule has 1 heterocycles. The van der Waals surface area contributed by atoms with Gasteiger partial charge >= 0.3 is 0 Å².